The van der Waals surface area contributed by atoms with Gasteiger partial charge in [0.1, 0.15) is 7.85 Å². The normalized spacial score (nSPS) is 55.3. The second kappa shape index (κ2) is 2.24. The van der Waals surface area contributed by atoms with E-state index in [0.29, 0.717) is 18.2 Å². The zero-order valence-corrected chi connectivity index (χ0v) is 7.46. The Kier molecular flexibility index (Phi) is 1.55. The van der Waals surface area contributed by atoms with E-state index >= 15 is 0 Å². The Balaban J connectivity index is 2.20. The lowest BCUT2D eigenvalue weighted by molar-refractivity contribution is -0.154. The summed E-state index contributed by atoms with van der Waals surface area (Å²) in [6, 6.07) is 0.311. The van der Waals surface area contributed by atoms with Gasteiger partial charge in [-0.15, -0.1) is 0 Å². The van der Waals surface area contributed by atoms with Crippen LogP contribution in [0.1, 0.15) is 26.7 Å². The van der Waals surface area contributed by atoms with Crippen molar-refractivity contribution >= 4 is 7.85 Å². The van der Waals surface area contributed by atoms with Gasteiger partial charge in [0.2, 0.25) is 0 Å². The minimum atomic E-state index is 0.0596. The van der Waals surface area contributed by atoms with E-state index < -0.39 is 0 Å². The van der Waals surface area contributed by atoms with Gasteiger partial charge in [0.05, 0.1) is 23.8 Å². The third-order valence-corrected chi connectivity index (χ3v) is 3.21. The maximum absolute atomic E-state index is 5.88. The van der Waals surface area contributed by atoms with Crippen molar-refractivity contribution < 1.29 is 9.47 Å². The molecule has 2 heterocycles. The molecule has 0 spiro atoms. The summed E-state index contributed by atoms with van der Waals surface area (Å²) in [6.07, 6.45) is 2.85. The van der Waals surface area contributed by atoms with Crippen LogP contribution in [-0.2, 0) is 9.47 Å². The highest BCUT2D eigenvalue weighted by atomic mass is 16.6. The Morgan fingerprint density at radius 2 is 2.36 bits per heavy atom. The van der Waals surface area contributed by atoms with Gasteiger partial charge in [-0.2, -0.15) is 0 Å². The Morgan fingerprint density at radius 1 is 1.64 bits per heavy atom. The van der Waals surface area contributed by atoms with E-state index in [1.165, 1.54) is 0 Å². The number of fused-ring (bicyclic) bond motifs is 2. The molecule has 0 aromatic carbocycles. The summed E-state index contributed by atoms with van der Waals surface area (Å²) in [7, 11) is 2.11. The van der Waals surface area contributed by atoms with E-state index in [2.05, 4.69) is 21.7 Å². The summed E-state index contributed by atoms with van der Waals surface area (Å²) >= 11 is 0. The molecule has 0 N–H and O–H groups in total. The molecule has 0 aliphatic carbocycles. The summed E-state index contributed by atoms with van der Waals surface area (Å²) in [4.78, 5) is 0. The predicted molar refractivity (Wildman–Crippen MR) is 45.4 cm³/mol. The fraction of sp³-hybridized carbons (Fsp3) is 1.00. The van der Waals surface area contributed by atoms with Crippen molar-refractivity contribution in [2.24, 2.45) is 0 Å². The maximum atomic E-state index is 5.88. The first kappa shape index (κ1) is 7.62. The molecule has 2 bridgehead atoms. The number of ether oxygens (including phenoxy) is 2. The van der Waals surface area contributed by atoms with Crippen LogP contribution in [-0.4, -0.2) is 31.7 Å². The molecular formula is C8H15BO2. The fourth-order valence-electron chi connectivity index (χ4n) is 2.32. The van der Waals surface area contributed by atoms with Gasteiger partial charge in [-0.3, -0.25) is 0 Å². The number of hydrogen-bond acceptors (Lipinski definition) is 2. The van der Waals surface area contributed by atoms with E-state index in [4.69, 9.17) is 9.47 Å². The van der Waals surface area contributed by atoms with Gasteiger partial charge in [0.25, 0.3) is 0 Å². The van der Waals surface area contributed by atoms with Gasteiger partial charge in [-0.1, -0.05) is 6.92 Å². The zero-order chi connectivity index (χ0) is 8.06. The Hall–Kier alpha value is -0.0151. The van der Waals surface area contributed by atoms with E-state index in [0.717, 1.165) is 12.8 Å². The molecule has 11 heavy (non-hydrogen) atoms. The van der Waals surface area contributed by atoms with Gasteiger partial charge in [-0.05, 0) is 13.3 Å². The lowest BCUT2D eigenvalue weighted by Gasteiger charge is -2.34. The van der Waals surface area contributed by atoms with E-state index in [-0.39, 0.29) is 5.60 Å². The molecule has 2 unspecified atom stereocenters. The molecule has 2 nitrogen and oxygen atoms in total. The maximum Gasteiger partial charge on any atom is 0.142 e. The first-order valence-corrected chi connectivity index (χ1v) is 4.51. The molecule has 0 saturated carbocycles. The Bertz CT molecular complexity index is 169. The van der Waals surface area contributed by atoms with Crippen molar-refractivity contribution in [2.45, 2.75) is 50.5 Å². The molecule has 2 fully saturated rings. The molecule has 2 aliphatic rings. The topological polar surface area (TPSA) is 18.5 Å². The average Bonchev–Trinajstić information content (AvgIpc) is 2.43. The lowest BCUT2D eigenvalue weighted by atomic mass is 9.91. The van der Waals surface area contributed by atoms with Crippen LogP contribution in [0.2, 0.25) is 0 Å². The van der Waals surface area contributed by atoms with E-state index in [1.807, 2.05) is 0 Å². The van der Waals surface area contributed by atoms with Crippen molar-refractivity contribution in [1.29, 1.82) is 0 Å². The third kappa shape index (κ3) is 0.874. The smallest absolute Gasteiger partial charge is 0.142 e. The second-order valence-corrected chi connectivity index (χ2v) is 3.76. The van der Waals surface area contributed by atoms with Crippen molar-refractivity contribution in [2.75, 3.05) is 0 Å². The monoisotopic (exact) mass is 154 g/mol. The highest BCUT2D eigenvalue weighted by Gasteiger charge is 2.54. The summed E-state index contributed by atoms with van der Waals surface area (Å²) in [5, 5.41) is 0. The minimum absolute atomic E-state index is 0.0596. The largest absolute Gasteiger partial charge is 0.375 e. The van der Waals surface area contributed by atoms with Gasteiger partial charge in [-0.25, -0.2) is 0 Å². The molecular weight excluding hydrogens is 139 g/mol. The van der Waals surface area contributed by atoms with E-state index in [1.54, 1.807) is 0 Å². The molecule has 2 saturated heterocycles. The van der Waals surface area contributed by atoms with Crippen molar-refractivity contribution in [1.82, 2.24) is 0 Å². The average molecular weight is 154 g/mol. The minimum Gasteiger partial charge on any atom is -0.375 e. The van der Waals surface area contributed by atoms with Crippen LogP contribution in [0.15, 0.2) is 0 Å². The van der Waals surface area contributed by atoms with Crippen LogP contribution < -0.4 is 0 Å². The van der Waals surface area contributed by atoms with Crippen molar-refractivity contribution in [3.05, 3.63) is 0 Å². The van der Waals surface area contributed by atoms with Crippen LogP contribution >= 0.6 is 0 Å². The summed E-state index contributed by atoms with van der Waals surface area (Å²) < 4.78 is 11.6. The zero-order valence-electron chi connectivity index (χ0n) is 7.46. The van der Waals surface area contributed by atoms with Crippen LogP contribution in [0.25, 0.3) is 0 Å². The molecule has 2 rings (SSSR count). The number of rotatable bonds is 1. The van der Waals surface area contributed by atoms with E-state index in [9.17, 15) is 0 Å². The SMILES string of the molecule is B[C@@H]1O[C@@]2(CC)CC1OC2C. The molecule has 0 aromatic rings. The summed E-state index contributed by atoms with van der Waals surface area (Å²) in [6.45, 7) is 4.30. The Labute approximate surface area is 68.7 Å². The summed E-state index contributed by atoms with van der Waals surface area (Å²) in [5.74, 6) is 0. The Morgan fingerprint density at radius 3 is 2.73 bits per heavy atom. The molecule has 0 aromatic heterocycles. The van der Waals surface area contributed by atoms with Gasteiger partial charge in [0.15, 0.2) is 0 Å². The van der Waals surface area contributed by atoms with Crippen LogP contribution in [0.5, 0.6) is 0 Å². The molecule has 3 heteroatoms. The van der Waals surface area contributed by atoms with Crippen LogP contribution in [0.4, 0.5) is 0 Å². The highest BCUT2D eigenvalue weighted by molar-refractivity contribution is 6.11. The van der Waals surface area contributed by atoms with Crippen molar-refractivity contribution in [3.63, 3.8) is 0 Å². The highest BCUT2D eigenvalue weighted by Crippen LogP contribution is 2.44. The van der Waals surface area contributed by atoms with Gasteiger partial charge in [0, 0.05) is 6.42 Å². The molecule has 62 valence electrons. The quantitative estimate of drug-likeness (QED) is 0.505. The fourth-order valence-corrected chi connectivity index (χ4v) is 2.32. The van der Waals surface area contributed by atoms with Crippen molar-refractivity contribution in [3.8, 4) is 0 Å². The predicted octanol–water partition coefficient (Wildman–Crippen LogP) is 0.302. The van der Waals surface area contributed by atoms with Crippen LogP contribution in [0.3, 0.4) is 0 Å². The third-order valence-electron chi connectivity index (χ3n) is 3.21. The molecule has 2 aliphatic heterocycles. The van der Waals surface area contributed by atoms with Gasteiger partial charge >= 0.3 is 0 Å². The lowest BCUT2D eigenvalue weighted by Crippen LogP contribution is -2.43. The molecule has 0 amide bonds. The van der Waals surface area contributed by atoms with Gasteiger partial charge < -0.3 is 9.47 Å². The van der Waals surface area contributed by atoms with Crippen LogP contribution in [0, 0.1) is 0 Å². The molecule has 4 atom stereocenters. The summed E-state index contributed by atoms with van der Waals surface area (Å²) in [5.41, 5.74) is 0.0596. The standard InChI is InChI=1S/C8H15BO2/c1-3-8-4-6(7(9)11-8)10-5(8)2/h5-7H,3-4,9H2,1-2H3/t5?,6?,7-,8+/m1/s1. The first-order valence-electron chi connectivity index (χ1n) is 4.51. The number of hydrogen-bond donors (Lipinski definition) is 0. The molecule has 0 radical (unpaired) electrons. The first-order chi connectivity index (χ1) is 5.18. The second-order valence-electron chi connectivity index (χ2n) is 3.76.